The first-order chi connectivity index (χ1) is 11.4. The fraction of sp³-hybridized carbons (Fsp3) is 0.812. The number of piperazine rings is 1. The van der Waals surface area contributed by atoms with Crippen LogP contribution in [-0.2, 0) is 6.54 Å². The van der Waals surface area contributed by atoms with Crippen molar-refractivity contribution in [3.05, 3.63) is 11.7 Å². The summed E-state index contributed by atoms with van der Waals surface area (Å²) in [6.45, 7) is 10.1. The molecule has 0 bridgehead atoms. The van der Waals surface area contributed by atoms with E-state index in [0.29, 0.717) is 24.3 Å². The molecule has 1 saturated carbocycles. The summed E-state index contributed by atoms with van der Waals surface area (Å²) in [5, 5.41) is 14.0. The smallest absolute Gasteiger partial charge is 0.317 e. The number of nitrogens with one attached hydrogen (secondary N) is 1. The second kappa shape index (κ2) is 7.94. The summed E-state index contributed by atoms with van der Waals surface area (Å²) in [5.41, 5.74) is 0.243. The molecular formula is C16H31N5O3. The van der Waals surface area contributed by atoms with E-state index in [1.807, 2.05) is 11.8 Å². The molecule has 0 spiro atoms. The minimum Gasteiger partial charge on any atom is -0.400 e. The van der Waals surface area contributed by atoms with Gasteiger partial charge in [0.05, 0.1) is 6.54 Å². The maximum atomic E-state index is 12.3. The van der Waals surface area contributed by atoms with E-state index >= 15 is 0 Å². The van der Waals surface area contributed by atoms with Crippen molar-refractivity contribution in [1.82, 2.24) is 25.3 Å². The molecule has 1 aromatic rings. The van der Waals surface area contributed by atoms with E-state index in [2.05, 4.69) is 34.2 Å². The lowest BCUT2D eigenvalue weighted by Crippen LogP contribution is -2.58. The lowest BCUT2D eigenvalue weighted by Gasteiger charge is -2.46. The van der Waals surface area contributed by atoms with Crippen LogP contribution in [0.1, 0.15) is 39.8 Å². The van der Waals surface area contributed by atoms with Crippen LogP contribution in [-0.4, -0.2) is 70.4 Å². The van der Waals surface area contributed by atoms with Gasteiger partial charge in [0.25, 0.3) is 0 Å². The largest absolute Gasteiger partial charge is 0.400 e. The summed E-state index contributed by atoms with van der Waals surface area (Å²) >= 11 is 0. The zero-order valence-electron chi connectivity index (χ0n) is 15.1. The molecule has 1 aromatic heterocycles. The van der Waals surface area contributed by atoms with Crippen LogP contribution in [0.5, 0.6) is 0 Å². The highest BCUT2D eigenvalue weighted by molar-refractivity contribution is 5.74. The van der Waals surface area contributed by atoms with Crippen molar-refractivity contribution < 1.29 is 15.9 Å². The third kappa shape index (κ3) is 4.45. The van der Waals surface area contributed by atoms with Crippen molar-refractivity contribution in [2.45, 2.75) is 46.2 Å². The van der Waals surface area contributed by atoms with Gasteiger partial charge in [-0.3, -0.25) is 4.90 Å². The molecule has 2 amide bonds. The van der Waals surface area contributed by atoms with Crippen LogP contribution in [0.2, 0.25) is 0 Å². The van der Waals surface area contributed by atoms with Gasteiger partial charge >= 0.3 is 6.03 Å². The number of hydrogen-bond donors (Lipinski definition) is 2. The van der Waals surface area contributed by atoms with Gasteiger partial charge in [0.2, 0.25) is 5.89 Å². The maximum Gasteiger partial charge on any atom is 0.317 e. The minimum atomic E-state index is 0. The Kier molecular flexibility index (Phi) is 6.17. The molecule has 138 valence electrons. The predicted octanol–water partition coefficient (Wildman–Crippen LogP) is 1.25. The normalized spacial score (nSPS) is 23.0. The zero-order valence-corrected chi connectivity index (χ0v) is 15.1. The van der Waals surface area contributed by atoms with Crippen LogP contribution in [0.25, 0.3) is 0 Å². The summed E-state index contributed by atoms with van der Waals surface area (Å²) in [6.07, 6.45) is 2.28. The van der Waals surface area contributed by atoms with Gasteiger partial charge in [-0.25, -0.2) is 4.79 Å². The maximum absolute atomic E-state index is 12.3. The summed E-state index contributed by atoms with van der Waals surface area (Å²) in [6, 6.07) is 0.394. The summed E-state index contributed by atoms with van der Waals surface area (Å²) in [7, 11) is 1.00. The van der Waals surface area contributed by atoms with Gasteiger partial charge in [-0.15, -0.1) is 0 Å². The van der Waals surface area contributed by atoms with Crippen LogP contribution in [0, 0.1) is 12.3 Å². The number of nitrogens with zero attached hydrogens (tertiary/aromatic N) is 4. The van der Waals surface area contributed by atoms with E-state index in [1.54, 1.807) is 0 Å². The van der Waals surface area contributed by atoms with Gasteiger partial charge in [0, 0.05) is 40.8 Å². The summed E-state index contributed by atoms with van der Waals surface area (Å²) in [4.78, 5) is 20.7. The number of rotatable bonds is 3. The van der Waals surface area contributed by atoms with Gasteiger partial charge in [-0.1, -0.05) is 19.0 Å². The first-order valence-electron chi connectivity index (χ1n) is 8.46. The lowest BCUT2D eigenvalue weighted by atomic mass is 9.67. The van der Waals surface area contributed by atoms with Crippen molar-refractivity contribution in [1.29, 1.82) is 0 Å². The third-order valence-corrected chi connectivity index (χ3v) is 4.91. The van der Waals surface area contributed by atoms with Crippen molar-refractivity contribution in [2.75, 3.05) is 33.3 Å². The molecule has 0 aromatic carbocycles. The number of aryl methyl sites for hydroxylation is 1. The highest BCUT2D eigenvalue weighted by atomic mass is 16.5. The quantitative estimate of drug-likeness (QED) is 0.859. The van der Waals surface area contributed by atoms with Crippen molar-refractivity contribution in [2.24, 2.45) is 5.41 Å². The van der Waals surface area contributed by atoms with Gasteiger partial charge in [-0.2, -0.15) is 4.98 Å². The number of amides is 2. The monoisotopic (exact) mass is 341 g/mol. The van der Waals surface area contributed by atoms with Gasteiger partial charge < -0.3 is 19.8 Å². The second-order valence-electron chi connectivity index (χ2n) is 7.03. The number of aromatic nitrogens is 2. The average Bonchev–Trinajstić information content (AvgIpc) is 2.99. The van der Waals surface area contributed by atoms with Crippen molar-refractivity contribution in [3.63, 3.8) is 0 Å². The Morgan fingerprint density at radius 2 is 2.04 bits per heavy atom. The molecule has 3 rings (SSSR count). The van der Waals surface area contributed by atoms with Gasteiger partial charge in [-0.05, 0) is 25.2 Å². The average molecular weight is 341 g/mol. The first-order valence-corrected chi connectivity index (χ1v) is 8.46. The number of aliphatic hydroxyl groups excluding tert-OH is 1. The molecule has 1 aliphatic carbocycles. The standard InChI is InChI=1S/C15H25N5O2.CH4O.H2/c1-11-16-13(22-18-11)10-19-6-8-20(9-7-19)14(21)17-12-4-5-15(12,2)3;1-2;/h12H,4-10H2,1-3H3,(H,17,21);2H,1H3;1H/t12-;;/m1../s1. The van der Waals surface area contributed by atoms with E-state index in [-0.39, 0.29) is 12.9 Å². The van der Waals surface area contributed by atoms with Crippen molar-refractivity contribution >= 4 is 6.03 Å². The highest BCUT2D eigenvalue weighted by Gasteiger charge is 2.40. The minimum absolute atomic E-state index is 0. The Bertz CT molecular complexity index is 544. The molecule has 24 heavy (non-hydrogen) atoms. The van der Waals surface area contributed by atoms with Gasteiger partial charge in [0.15, 0.2) is 5.82 Å². The van der Waals surface area contributed by atoms with Crippen LogP contribution in [0.4, 0.5) is 4.79 Å². The molecule has 8 heteroatoms. The van der Waals surface area contributed by atoms with E-state index in [9.17, 15) is 4.79 Å². The van der Waals surface area contributed by atoms with E-state index in [0.717, 1.165) is 39.7 Å². The molecular weight excluding hydrogens is 310 g/mol. The molecule has 0 unspecified atom stereocenters. The molecule has 1 aliphatic heterocycles. The Hall–Kier alpha value is -1.67. The van der Waals surface area contributed by atoms with Crippen LogP contribution in [0.15, 0.2) is 4.52 Å². The van der Waals surface area contributed by atoms with Crippen LogP contribution < -0.4 is 5.32 Å². The Morgan fingerprint density at radius 1 is 1.38 bits per heavy atom. The Morgan fingerprint density at radius 3 is 2.50 bits per heavy atom. The molecule has 2 N–H and O–H groups in total. The SMILES string of the molecule is CO.Cc1noc(CN2CCN(C(=O)N[C@@H]3CCC3(C)C)CC2)n1.[HH]. The molecule has 2 aliphatic rings. The topological polar surface area (TPSA) is 94.7 Å². The molecule has 1 atom stereocenters. The number of hydrogen-bond acceptors (Lipinski definition) is 6. The van der Waals surface area contributed by atoms with E-state index in [1.165, 1.54) is 6.42 Å². The number of aliphatic hydroxyl groups is 1. The van der Waals surface area contributed by atoms with Crippen molar-refractivity contribution in [3.8, 4) is 0 Å². The van der Waals surface area contributed by atoms with E-state index < -0.39 is 0 Å². The van der Waals surface area contributed by atoms with Crippen LogP contribution in [0.3, 0.4) is 0 Å². The molecule has 2 fully saturated rings. The zero-order chi connectivity index (χ0) is 17.7. The number of urea groups is 1. The van der Waals surface area contributed by atoms with Crippen LogP contribution >= 0.6 is 0 Å². The fourth-order valence-electron chi connectivity index (χ4n) is 3.08. The number of carbonyl (C=O) groups excluding carboxylic acids is 1. The van der Waals surface area contributed by atoms with Gasteiger partial charge in [0.1, 0.15) is 0 Å². The summed E-state index contributed by atoms with van der Waals surface area (Å²) in [5.74, 6) is 1.31. The van der Waals surface area contributed by atoms with E-state index in [4.69, 9.17) is 9.63 Å². The second-order valence-corrected chi connectivity index (χ2v) is 7.03. The highest BCUT2D eigenvalue weighted by Crippen LogP contribution is 2.39. The first kappa shape index (κ1) is 18.7. The molecule has 1 saturated heterocycles. The Labute approximate surface area is 144 Å². The molecule has 8 nitrogen and oxygen atoms in total. The molecule has 2 heterocycles. The Balaban J connectivity index is 0.00000101. The fourth-order valence-corrected chi connectivity index (χ4v) is 3.08. The lowest BCUT2D eigenvalue weighted by molar-refractivity contribution is 0.0907. The summed E-state index contributed by atoms with van der Waals surface area (Å²) < 4.78 is 5.14. The molecule has 0 radical (unpaired) electrons. The predicted molar refractivity (Wildman–Crippen MR) is 91.5 cm³/mol. The third-order valence-electron chi connectivity index (χ3n) is 4.91. The number of carbonyl (C=O) groups is 1.